The first-order valence-electron chi connectivity index (χ1n) is 10.8. The molecule has 0 bridgehead atoms. The summed E-state index contributed by atoms with van der Waals surface area (Å²) < 4.78 is 50.0. The van der Waals surface area contributed by atoms with Crippen LogP contribution in [0.25, 0.3) is 11.0 Å². The molecule has 6 atom stereocenters. The van der Waals surface area contributed by atoms with Gasteiger partial charge in [0.1, 0.15) is 23.6 Å². The van der Waals surface area contributed by atoms with Crippen LogP contribution in [-0.2, 0) is 22.9 Å². The number of fused-ring (bicyclic) bond motifs is 1. The second kappa shape index (κ2) is 8.79. The Bertz CT molecular complexity index is 1360. The lowest BCUT2D eigenvalue weighted by Gasteiger charge is -2.30. The number of ether oxygens (including phenoxy) is 1. The number of phosphoric acid groups is 1. The topological polar surface area (TPSA) is 171 Å². The molecule has 2 fully saturated rings. The van der Waals surface area contributed by atoms with Crippen molar-refractivity contribution in [2.24, 2.45) is 0 Å². The summed E-state index contributed by atoms with van der Waals surface area (Å²) in [6.07, 6.45) is -2.69. The molecule has 4 heterocycles. The van der Waals surface area contributed by atoms with Crippen molar-refractivity contribution in [3.8, 4) is 0 Å². The third kappa shape index (κ3) is 4.40. The molecule has 0 aliphatic carbocycles. The highest BCUT2D eigenvalue weighted by Gasteiger charge is 2.54. The van der Waals surface area contributed by atoms with E-state index < -0.39 is 55.9 Å². The third-order valence-electron chi connectivity index (χ3n) is 6.11. The van der Waals surface area contributed by atoms with Crippen LogP contribution in [0.4, 0.5) is 10.3 Å². The van der Waals surface area contributed by atoms with Crippen molar-refractivity contribution >= 4 is 24.8 Å². The fourth-order valence-corrected chi connectivity index (χ4v) is 5.70. The number of rotatable bonds is 5. The summed E-state index contributed by atoms with van der Waals surface area (Å²) in [5.74, 6) is -0.585. The Morgan fingerprint density at radius 2 is 2.23 bits per heavy atom. The van der Waals surface area contributed by atoms with Gasteiger partial charge < -0.3 is 25.3 Å². The molecular formula is C21H24FN4O8P. The number of hydrogen-bond donors (Lipinski definition) is 4. The maximum absolute atomic E-state index is 13.6. The summed E-state index contributed by atoms with van der Waals surface area (Å²) in [5.41, 5.74) is 3.97. The minimum absolute atomic E-state index is 0.0455. The van der Waals surface area contributed by atoms with Gasteiger partial charge >= 0.3 is 7.82 Å². The van der Waals surface area contributed by atoms with Crippen molar-refractivity contribution in [3.63, 3.8) is 0 Å². The van der Waals surface area contributed by atoms with Crippen LogP contribution in [0.2, 0.25) is 0 Å². The number of benzene rings is 1. The molecule has 5 rings (SSSR count). The van der Waals surface area contributed by atoms with Gasteiger partial charge in [0.2, 0.25) is 5.95 Å². The summed E-state index contributed by atoms with van der Waals surface area (Å²) in [6, 6.07) is 7.20. The number of nitrogens with two attached hydrogens (primary N) is 1. The van der Waals surface area contributed by atoms with Crippen LogP contribution < -0.4 is 11.3 Å². The Hall–Kier alpha value is -2.64. The van der Waals surface area contributed by atoms with Crippen LogP contribution >= 0.6 is 7.82 Å². The van der Waals surface area contributed by atoms with E-state index in [9.17, 15) is 24.0 Å². The van der Waals surface area contributed by atoms with Crippen LogP contribution in [0.5, 0.6) is 0 Å². The molecule has 12 nitrogen and oxygen atoms in total. The molecule has 0 amide bonds. The predicted octanol–water partition coefficient (Wildman–Crippen LogP) is 1.76. The van der Waals surface area contributed by atoms with Gasteiger partial charge in [-0.1, -0.05) is 12.1 Å². The van der Waals surface area contributed by atoms with Gasteiger partial charge in [-0.25, -0.2) is 8.96 Å². The van der Waals surface area contributed by atoms with Crippen molar-refractivity contribution in [1.29, 1.82) is 0 Å². The Balaban J connectivity index is 1.33. The maximum Gasteiger partial charge on any atom is 0.475 e. The van der Waals surface area contributed by atoms with Gasteiger partial charge in [-0.2, -0.15) is 4.98 Å². The largest absolute Gasteiger partial charge is 0.475 e. The molecule has 14 heteroatoms. The normalized spacial score (nSPS) is 33.4. The molecule has 0 saturated carbocycles. The van der Waals surface area contributed by atoms with Crippen molar-refractivity contribution in [2.75, 3.05) is 18.9 Å². The molecular weight excluding hydrogens is 486 g/mol. The van der Waals surface area contributed by atoms with E-state index in [-0.39, 0.29) is 23.6 Å². The number of anilines is 1. The Kier molecular flexibility index (Phi) is 6.04. The molecule has 2 aromatic heterocycles. The van der Waals surface area contributed by atoms with Crippen LogP contribution in [0.1, 0.15) is 31.2 Å². The van der Waals surface area contributed by atoms with E-state index in [1.54, 1.807) is 6.07 Å². The standard InChI is InChI=1S/C21H24FN4O8P/c1-21(29)16(27)15(33-19(21)26-7-5-13-17(26)24-20(23)25-18(13)28)10-32-35(30)31-8-6-14(34-35)11-3-2-4-12(22)9-11/h2-5,7,9,14-16,19,27,29H,6,8,10H2,1H3,(H3,23,24,25,28)/t14-,15+,16+,19+,21+,35+/m0/s1. The lowest BCUT2D eigenvalue weighted by molar-refractivity contribution is -0.0950. The zero-order valence-electron chi connectivity index (χ0n) is 18.5. The van der Waals surface area contributed by atoms with Crippen molar-refractivity contribution < 1.29 is 37.5 Å². The van der Waals surface area contributed by atoms with Gasteiger partial charge in [0.25, 0.3) is 5.56 Å². The average Bonchev–Trinajstić information content (AvgIpc) is 3.31. The molecule has 2 aliphatic rings. The average molecular weight is 510 g/mol. The van der Waals surface area contributed by atoms with Gasteiger partial charge in [0.05, 0.1) is 24.7 Å². The number of hydrogen-bond acceptors (Lipinski definition) is 10. The Morgan fingerprint density at radius 1 is 1.43 bits per heavy atom. The number of aliphatic hydroxyl groups excluding tert-OH is 1. The number of aromatic nitrogens is 3. The second-order valence-corrected chi connectivity index (χ2v) is 10.2. The lowest BCUT2D eigenvalue weighted by atomic mass is 9.96. The molecule has 1 aromatic carbocycles. The van der Waals surface area contributed by atoms with E-state index in [0.29, 0.717) is 12.0 Å². The number of nitrogens with one attached hydrogen (secondary N) is 1. The fraction of sp³-hybridized carbons (Fsp3) is 0.429. The SMILES string of the molecule is C[C@@]1(O)[C@H](O)[C@@H](CO[P@@]2(=O)OCC[C@@H](c3cccc(F)c3)O2)O[C@H]1n1ccc2c(=O)[nH]c(N)nc21. The molecule has 188 valence electrons. The van der Waals surface area contributed by atoms with E-state index in [1.165, 1.54) is 42.0 Å². The minimum Gasteiger partial charge on any atom is -0.387 e. The quantitative estimate of drug-likeness (QED) is 0.371. The van der Waals surface area contributed by atoms with Crippen molar-refractivity contribution in [1.82, 2.24) is 14.5 Å². The highest BCUT2D eigenvalue weighted by atomic mass is 31.2. The maximum atomic E-state index is 13.6. The zero-order chi connectivity index (χ0) is 25.0. The molecule has 2 aliphatic heterocycles. The van der Waals surface area contributed by atoms with Gasteiger partial charge in [-0.05, 0) is 30.7 Å². The Morgan fingerprint density at radius 3 is 3.00 bits per heavy atom. The first-order valence-corrected chi connectivity index (χ1v) is 12.3. The number of H-pyrrole nitrogens is 1. The summed E-state index contributed by atoms with van der Waals surface area (Å²) >= 11 is 0. The van der Waals surface area contributed by atoms with Gasteiger partial charge in [0, 0.05) is 12.6 Å². The first-order chi connectivity index (χ1) is 16.6. The van der Waals surface area contributed by atoms with Gasteiger partial charge in [-0.15, -0.1) is 0 Å². The van der Waals surface area contributed by atoms with E-state index >= 15 is 0 Å². The van der Waals surface area contributed by atoms with Crippen molar-refractivity contribution in [2.45, 2.75) is 43.5 Å². The molecule has 35 heavy (non-hydrogen) atoms. The number of halogens is 1. The minimum atomic E-state index is -4.08. The first kappa shape index (κ1) is 24.1. The monoisotopic (exact) mass is 510 g/mol. The summed E-state index contributed by atoms with van der Waals surface area (Å²) in [4.78, 5) is 18.6. The molecule has 0 unspecified atom stereocenters. The van der Waals surface area contributed by atoms with Crippen molar-refractivity contribution in [3.05, 3.63) is 58.3 Å². The zero-order valence-corrected chi connectivity index (χ0v) is 19.4. The number of aromatic amines is 1. The van der Waals surface area contributed by atoms with Gasteiger partial charge in [-0.3, -0.25) is 23.3 Å². The van der Waals surface area contributed by atoms with E-state index in [0.717, 1.165) is 0 Å². The van der Waals surface area contributed by atoms with Crippen LogP contribution in [0.3, 0.4) is 0 Å². The van der Waals surface area contributed by atoms with Crippen LogP contribution in [0, 0.1) is 5.82 Å². The lowest BCUT2D eigenvalue weighted by Crippen LogP contribution is -2.44. The van der Waals surface area contributed by atoms with E-state index in [4.69, 9.17) is 24.0 Å². The fourth-order valence-electron chi connectivity index (χ4n) is 4.30. The highest BCUT2D eigenvalue weighted by molar-refractivity contribution is 7.48. The van der Waals surface area contributed by atoms with E-state index in [2.05, 4.69) is 9.97 Å². The number of nitrogens with zero attached hydrogens (tertiary/aromatic N) is 2. The number of aliphatic hydroxyl groups is 2. The molecule has 0 spiro atoms. The molecule has 5 N–H and O–H groups in total. The summed E-state index contributed by atoms with van der Waals surface area (Å²) in [6.45, 7) is 0.945. The van der Waals surface area contributed by atoms with Gasteiger partial charge in [0.15, 0.2) is 11.9 Å². The highest BCUT2D eigenvalue weighted by Crippen LogP contribution is 2.57. The molecule has 3 aromatic rings. The van der Waals surface area contributed by atoms with Crippen LogP contribution in [-0.4, -0.2) is 55.8 Å². The predicted molar refractivity (Wildman–Crippen MR) is 120 cm³/mol. The number of nitrogen functional groups attached to an aromatic ring is 1. The Labute approximate surface area is 198 Å². The van der Waals surface area contributed by atoms with E-state index in [1.807, 2.05) is 0 Å². The second-order valence-electron chi connectivity index (χ2n) is 8.62. The third-order valence-corrected chi connectivity index (χ3v) is 7.59. The number of phosphoric ester groups is 1. The molecule has 2 saturated heterocycles. The summed E-state index contributed by atoms with van der Waals surface area (Å²) in [7, 11) is -4.08. The summed E-state index contributed by atoms with van der Waals surface area (Å²) in [5, 5.41) is 22.0. The smallest absolute Gasteiger partial charge is 0.387 e. The van der Waals surface area contributed by atoms with Crippen LogP contribution in [0.15, 0.2) is 41.3 Å². The molecule has 0 radical (unpaired) electrons.